The third-order valence-electron chi connectivity index (χ3n) is 5.41. The summed E-state index contributed by atoms with van der Waals surface area (Å²) in [5, 5.41) is 0. The van der Waals surface area contributed by atoms with Crippen LogP contribution in [-0.4, -0.2) is 65.9 Å². The van der Waals surface area contributed by atoms with Crippen molar-refractivity contribution in [1.29, 1.82) is 0 Å². The summed E-state index contributed by atoms with van der Waals surface area (Å²) in [6.45, 7) is 0.990. The van der Waals surface area contributed by atoms with Crippen LogP contribution < -0.4 is 19.1 Å². The average molecular weight is 514 g/mol. The minimum absolute atomic E-state index is 0.0819. The molecular formula is C23H29F2N3O6S. The summed E-state index contributed by atoms with van der Waals surface area (Å²) in [7, 11) is -2.66. The number of halogens is 2. The number of alkyl halides is 2. The van der Waals surface area contributed by atoms with Gasteiger partial charge in [-0.15, -0.1) is 0 Å². The van der Waals surface area contributed by atoms with Crippen LogP contribution in [0.1, 0.15) is 19.8 Å². The van der Waals surface area contributed by atoms with Gasteiger partial charge in [0.2, 0.25) is 0 Å². The van der Waals surface area contributed by atoms with E-state index in [-0.39, 0.29) is 22.4 Å². The Hall–Kier alpha value is -3.28. The lowest BCUT2D eigenvalue weighted by Gasteiger charge is -2.36. The van der Waals surface area contributed by atoms with Crippen LogP contribution in [-0.2, 0) is 14.8 Å². The Morgan fingerprint density at radius 1 is 1.09 bits per heavy atom. The van der Waals surface area contributed by atoms with Crippen molar-refractivity contribution in [3.63, 3.8) is 0 Å². The Morgan fingerprint density at radius 2 is 1.80 bits per heavy atom. The smallest absolute Gasteiger partial charge is 0.409 e. The van der Waals surface area contributed by atoms with Crippen molar-refractivity contribution >= 4 is 27.5 Å². The zero-order valence-electron chi connectivity index (χ0n) is 19.6. The molecule has 0 aliphatic carbocycles. The summed E-state index contributed by atoms with van der Waals surface area (Å²) >= 11 is 0. The van der Waals surface area contributed by atoms with Crippen LogP contribution in [0, 0.1) is 0 Å². The number of unbranched alkanes of at least 4 members (excludes halogenated alkanes) is 1. The predicted octanol–water partition coefficient (Wildman–Crippen LogP) is 4.16. The molecule has 0 bridgehead atoms. The maximum absolute atomic E-state index is 13.1. The number of ether oxygens (including phenoxy) is 3. The number of benzene rings is 2. The molecule has 1 amide bonds. The molecule has 9 nitrogen and oxygen atoms in total. The molecule has 1 heterocycles. The molecule has 1 fully saturated rings. The molecule has 0 radical (unpaired) electrons. The summed E-state index contributed by atoms with van der Waals surface area (Å²) in [4.78, 5) is 15.7. The maximum atomic E-state index is 13.1. The van der Waals surface area contributed by atoms with E-state index >= 15 is 0 Å². The minimum atomic E-state index is -4.14. The molecule has 0 unspecified atom stereocenters. The van der Waals surface area contributed by atoms with Crippen molar-refractivity contribution in [2.24, 2.45) is 0 Å². The molecule has 192 valence electrons. The fourth-order valence-electron chi connectivity index (χ4n) is 3.56. The third-order valence-corrected chi connectivity index (χ3v) is 6.77. The molecule has 0 spiro atoms. The van der Waals surface area contributed by atoms with Gasteiger partial charge in [0, 0.05) is 26.2 Å². The van der Waals surface area contributed by atoms with Crippen LogP contribution in [0.3, 0.4) is 0 Å². The normalized spacial score (nSPS) is 14.1. The van der Waals surface area contributed by atoms with E-state index in [4.69, 9.17) is 9.47 Å². The first-order valence-corrected chi connectivity index (χ1v) is 12.6. The maximum Gasteiger partial charge on any atom is 0.409 e. The lowest BCUT2D eigenvalue weighted by Crippen LogP contribution is -2.49. The number of nitrogens with zero attached hydrogens (tertiary/aromatic N) is 2. The third kappa shape index (κ3) is 6.87. The van der Waals surface area contributed by atoms with E-state index in [0.717, 1.165) is 12.8 Å². The summed E-state index contributed by atoms with van der Waals surface area (Å²) in [6, 6.07) is 9.88. The number of carbonyl (C=O) groups is 1. The number of anilines is 2. The highest BCUT2D eigenvalue weighted by molar-refractivity contribution is 7.92. The van der Waals surface area contributed by atoms with E-state index in [1.165, 1.54) is 49.6 Å². The number of methoxy groups -OCH3 is 1. The predicted molar refractivity (Wildman–Crippen MR) is 127 cm³/mol. The highest BCUT2D eigenvalue weighted by Gasteiger charge is 2.26. The van der Waals surface area contributed by atoms with Gasteiger partial charge in [-0.05, 0) is 36.8 Å². The summed E-state index contributed by atoms with van der Waals surface area (Å²) in [6.07, 6.45) is 1.37. The van der Waals surface area contributed by atoms with Crippen LogP contribution in [0.25, 0.3) is 0 Å². The van der Waals surface area contributed by atoms with Crippen molar-refractivity contribution in [1.82, 2.24) is 4.90 Å². The highest BCUT2D eigenvalue weighted by Crippen LogP contribution is 2.34. The Kier molecular flexibility index (Phi) is 8.96. The molecule has 2 aromatic carbocycles. The number of piperazine rings is 1. The molecule has 0 aromatic heterocycles. The summed E-state index contributed by atoms with van der Waals surface area (Å²) < 4.78 is 68.9. The number of para-hydroxylation sites is 2. The lowest BCUT2D eigenvalue weighted by molar-refractivity contribution is -0.0493. The van der Waals surface area contributed by atoms with Gasteiger partial charge in [-0.1, -0.05) is 25.5 Å². The molecule has 1 aliphatic heterocycles. The largest absolute Gasteiger partial charge is 0.495 e. The van der Waals surface area contributed by atoms with E-state index in [9.17, 15) is 22.0 Å². The fraction of sp³-hybridized carbons (Fsp3) is 0.435. The first-order valence-electron chi connectivity index (χ1n) is 11.2. The number of amides is 1. The Labute approximate surface area is 203 Å². The fourth-order valence-corrected chi connectivity index (χ4v) is 4.65. The highest BCUT2D eigenvalue weighted by atomic mass is 32.2. The second-order valence-electron chi connectivity index (χ2n) is 7.76. The Morgan fingerprint density at radius 3 is 2.46 bits per heavy atom. The molecule has 1 saturated heterocycles. The summed E-state index contributed by atoms with van der Waals surface area (Å²) in [5.41, 5.74) is 0.423. The molecule has 0 saturated carbocycles. The Balaban J connectivity index is 1.76. The minimum Gasteiger partial charge on any atom is -0.495 e. The molecular weight excluding hydrogens is 484 g/mol. The standard InChI is InChI=1S/C23H29F2N3O6S/c1-3-4-15-33-23(29)28-13-11-27(12-14-28)19-16-17(9-10-21(19)32-2)35(30,31)26-18-7-5-6-8-20(18)34-22(24)25/h5-10,16,22,26H,3-4,11-15H2,1-2H3. The number of sulfonamides is 1. The van der Waals surface area contributed by atoms with E-state index < -0.39 is 16.6 Å². The topological polar surface area (TPSA) is 97.4 Å². The molecule has 2 aromatic rings. The number of hydrogen-bond acceptors (Lipinski definition) is 7. The van der Waals surface area contributed by atoms with Crippen molar-refractivity contribution in [3.05, 3.63) is 42.5 Å². The first-order chi connectivity index (χ1) is 16.7. The van der Waals surface area contributed by atoms with Gasteiger partial charge < -0.3 is 24.0 Å². The zero-order chi connectivity index (χ0) is 25.4. The van der Waals surface area contributed by atoms with Crippen molar-refractivity contribution in [3.8, 4) is 11.5 Å². The molecule has 35 heavy (non-hydrogen) atoms. The van der Waals surface area contributed by atoms with Gasteiger partial charge in [-0.2, -0.15) is 8.78 Å². The van der Waals surface area contributed by atoms with Gasteiger partial charge >= 0.3 is 12.7 Å². The lowest BCUT2D eigenvalue weighted by atomic mass is 10.2. The van der Waals surface area contributed by atoms with Crippen molar-refractivity contribution < 1.29 is 36.2 Å². The van der Waals surface area contributed by atoms with E-state index in [2.05, 4.69) is 9.46 Å². The van der Waals surface area contributed by atoms with Crippen LogP contribution in [0.2, 0.25) is 0 Å². The van der Waals surface area contributed by atoms with E-state index in [1.807, 2.05) is 11.8 Å². The number of hydrogen-bond donors (Lipinski definition) is 1. The van der Waals surface area contributed by atoms with Crippen LogP contribution >= 0.6 is 0 Å². The first kappa shape index (κ1) is 26.3. The molecule has 1 N–H and O–H groups in total. The van der Waals surface area contributed by atoms with Crippen LogP contribution in [0.15, 0.2) is 47.4 Å². The van der Waals surface area contributed by atoms with E-state index in [1.54, 1.807) is 4.90 Å². The van der Waals surface area contributed by atoms with Gasteiger partial charge in [0.1, 0.15) is 11.5 Å². The molecule has 3 rings (SSSR count). The van der Waals surface area contributed by atoms with Gasteiger partial charge in [-0.25, -0.2) is 13.2 Å². The van der Waals surface area contributed by atoms with Crippen LogP contribution in [0.5, 0.6) is 11.5 Å². The Bertz CT molecular complexity index is 1110. The second-order valence-corrected chi connectivity index (χ2v) is 9.44. The average Bonchev–Trinajstić information content (AvgIpc) is 2.84. The molecule has 0 atom stereocenters. The summed E-state index contributed by atoms with van der Waals surface area (Å²) in [5.74, 6) is 0.172. The number of rotatable bonds is 10. The SMILES string of the molecule is CCCCOC(=O)N1CCN(c2cc(S(=O)(=O)Nc3ccccc3OC(F)F)ccc2OC)CC1. The number of carbonyl (C=O) groups excluding carboxylic acids is 1. The monoisotopic (exact) mass is 513 g/mol. The number of nitrogens with one attached hydrogen (secondary N) is 1. The van der Waals surface area contributed by atoms with Gasteiger partial charge in [0.25, 0.3) is 10.0 Å². The molecule has 1 aliphatic rings. The zero-order valence-corrected chi connectivity index (χ0v) is 20.4. The van der Waals surface area contributed by atoms with Gasteiger partial charge in [0.05, 0.1) is 30.0 Å². The van der Waals surface area contributed by atoms with Crippen molar-refractivity contribution in [2.75, 3.05) is 49.5 Å². The van der Waals surface area contributed by atoms with Gasteiger partial charge in [0.15, 0.2) is 0 Å². The quantitative estimate of drug-likeness (QED) is 0.477. The van der Waals surface area contributed by atoms with E-state index in [0.29, 0.717) is 44.2 Å². The van der Waals surface area contributed by atoms with Crippen molar-refractivity contribution in [2.45, 2.75) is 31.3 Å². The second kappa shape index (κ2) is 11.9. The molecule has 12 heteroatoms. The van der Waals surface area contributed by atoms with Crippen LogP contribution in [0.4, 0.5) is 25.0 Å². The van der Waals surface area contributed by atoms with Gasteiger partial charge in [-0.3, -0.25) is 4.72 Å².